The van der Waals surface area contributed by atoms with Crippen molar-refractivity contribution in [2.75, 3.05) is 26.8 Å². The minimum atomic E-state index is -0.512. The van der Waals surface area contributed by atoms with E-state index in [2.05, 4.69) is 10.6 Å². The first-order valence-corrected chi connectivity index (χ1v) is 11.0. The third kappa shape index (κ3) is 3.51. The molecule has 0 radical (unpaired) electrons. The fourth-order valence-electron chi connectivity index (χ4n) is 4.62. The summed E-state index contributed by atoms with van der Waals surface area (Å²) in [5.74, 6) is 0.617. The number of aromatic nitrogens is 2. The lowest BCUT2D eigenvalue weighted by Crippen LogP contribution is -2.50. The van der Waals surface area contributed by atoms with Gasteiger partial charge in [0.15, 0.2) is 5.60 Å². The van der Waals surface area contributed by atoms with E-state index in [0.29, 0.717) is 49.7 Å². The number of halogens is 1. The molecule has 1 amide bonds. The highest BCUT2D eigenvalue weighted by Gasteiger charge is 2.44. The van der Waals surface area contributed by atoms with E-state index in [4.69, 9.17) is 21.1 Å². The Balaban J connectivity index is 1.35. The zero-order chi connectivity index (χ0) is 22.3. The van der Waals surface area contributed by atoms with Gasteiger partial charge in [-0.05, 0) is 30.3 Å². The Morgan fingerprint density at radius 1 is 1.16 bits per heavy atom. The van der Waals surface area contributed by atoms with E-state index in [-0.39, 0.29) is 11.5 Å². The van der Waals surface area contributed by atoms with Crippen molar-refractivity contribution in [1.82, 2.24) is 14.0 Å². The molecule has 0 N–H and O–H groups in total. The smallest absolute Gasteiger partial charge is 0.254 e. The van der Waals surface area contributed by atoms with E-state index >= 15 is 0 Å². The molecule has 166 valence electrons. The normalized spacial score (nSPS) is 16.4. The van der Waals surface area contributed by atoms with Gasteiger partial charge in [0.1, 0.15) is 5.75 Å². The number of hydrogen-bond acceptors (Lipinski definition) is 4. The van der Waals surface area contributed by atoms with Gasteiger partial charge in [-0.3, -0.25) is 9.59 Å². The molecular weight excluding hydrogens is 430 g/mol. The number of ether oxygens (including phenoxy) is 2. The summed E-state index contributed by atoms with van der Waals surface area (Å²) >= 11 is 6.21. The predicted molar refractivity (Wildman–Crippen MR) is 121 cm³/mol. The highest BCUT2D eigenvalue weighted by Crippen LogP contribution is 2.45. The third-order valence-electron chi connectivity index (χ3n) is 6.34. The van der Waals surface area contributed by atoms with Crippen LogP contribution >= 0.6 is 11.6 Å². The molecule has 32 heavy (non-hydrogen) atoms. The Morgan fingerprint density at radius 2 is 1.97 bits per heavy atom. The monoisotopic (exact) mass is 453 g/mol. The number of amides is 1. The van der Waals surface area contributed by atoms with Crippen molar-refractivity contribution in [2.24, 2.45) is 0 Å². The van der Waals surface area contributed by atoms with Gasteiger partial charge in [-0.25, -0.2) is 0 Å². The highest BCUT2D eigenvalue weighted by molar-refractivity contribution is 6.30. The fourth-order valence-corrected chi connectivity index (χ4v) is 4.78. The van der Waals surface area contributed by atoms with Gasteiger partial charge in [0.05, 0.1) is 18.0 Å². The number of nitrogens with zero attached hydrogens (tertiary/aromatic N) is 3. The van der Waals surface area contributed by atoms with Crippen LogP contribution in [-0.2, 0) is 16.9 Å². The Kier molecular flexibility index (Phi) is 5.31. The molecule has 1 saturated heterocycles. The van der Waals surface area contributed by atoms with Crippen LogP contribution in [0.15, 0.2) is 59.7 Å². The van der Waals surface area contributed by atoms with Gasteiger partial charge >= 0.3 is 0 Å². The lowest BCUT2D eigenvalue weighted by Gasteiger charge is -2.45. The van der Waals surface area contributed by atoms with Crippen LogP contribution in [0.5, 0.6) is 5.75 Å². The maximum atomic E-state index is 13.1. The average Bonchev–Trinajstić information content (AvgIpc) is 3.29. The molecule has 1 spiro atoms. The van der Waals surface area contributed by atoms with E-state index < -0.39 is 5.60 Å². The maximum absolute atomic E-state index is 13.1. The minimum absolute atomic E-state index is 0.134. The van der Waals surface area contributed by atoms with Crippen LogP contribution in [0.2, 0.25) is 5.02 Å². The Morgan fingerprint density at radius 3 is 2.72 bits per heavy atom. The second-order valence-corrected chi connectivity index (χ2v) is 8.64. The van der Waals surface area contributed by atoms with Gasteiger partial charge in [0, 0.05) is 74.7 Å². The quantitative estimate of drug-likeness (QED) is 0.606. The van der Waals surface area contributed by atoms with Crippen molar-refractivity contribution in [3.8, 4) is 11.4 Å². The molecule has 2 aromatic heterocycles. The summed E-state index contributed by atoms with van der Waals surface area (Å²) in [6.07, 6.45) is 4.99. The molecule has 7 nitrogen and oxygen atoms in total. The van der Waals surface area contributed by atoms with Gasteiger partial charge in [-0.1, -0.05) is 11.6 Å². The number of pyridine rings is 1. The summed E-state index contributed by atoms with van der Waals surface area (Å²) in [5, 5.41) is 0.627. The van der Waals surface area contributed by atoms with Crippen LogP contribution in [0.3, 0.4) is 0 Å². The van der Waals surface area contributed by atoms with Gasteiger partial charge in [0.25, 0.3) is 11.5 Å². The molecule has 0 unspecified atom stereocenters. The van der Waals surface area contributed by atoms with Crippen LogP contribution < -0.4 is 10.3 Å². The molecule has 4 heterocycles. The summed E-state index contributed by atoms with van der Waals surface area (Å²) in [4.78, 5) is 27.2. The molecule has 0 bridgehead atoms. The van der Waals surface area contributed by atoms with Crippen LogP contribution in [0.4, 0.5) is 0 Å². The van der Waals surface area contributed by atoms with E-state index in [1.807, 2.05) is 30.5 Å². The summed E-state index contributed by atoms with van der Waals surface area (Å²) in [6, 6.07) is 12.9. The van der Waals surface area contributed by atoms with Crippen molar-refractivity contribution in [3.63, 3.8) is 0 Å². The average molecular weight is 454 g/mol. The standard InChI is InChI=1S/C24H24ClN3O4/c1-31-14-13-26-10-6-17(15-22(26)29)23(30)27-11-7-24(8-12-27)21-3-2-9-28(21)19-5-4-18(25)16-20(19)32-24/h2-6,9-10,15-16H,7-8,11-14H2,1H3. The molecular formula is C24H24ClN3O4. The number of hydrogen-bond donors (Lipinski definition) is 0. The first-order valence-electron chi connectivity index (χ1n) is 10.7. The molecule has 0 saturated carbocycles. The molecule has 2 aliphatic heterocycles. The molecule has 3 aromatic rings. The predicted octanol–water partition coefficient (Wildman–Crippen LogP) is 3.46. The number of benzene rings is 1. The van der Waals surface area contributed by atoms with Crippen LogP contribution in [-0.4, -0.2) is 46.7 Å². The third-order valence-corrected chi connectivity index (χ3v) is 6.58. The Bertz CT molecular complexity index is 1220. The van der Waals surface area contributed by atoms with Crippen molar-refractivity contribution < 1.29 is 14.3 Å². The largest absolute Gasteiger partial charge is 0.479 e. The number of methoxy groups -OCH3 is 1. The second kappa shape index (κ2) is 8.15. The number of likely N-dealkylation sites (tertiary alicyclic amines) is 1. The van der Waals surface area contributed by atoms with Crippen molar-refractivity contribution in [1.29, 1.82) is 0 Å². The number of rotatable bonds is 4. The highest BCUT2D eigenvalue weighted by atomic mass is 35.5. The van der Waals surface area contributed by atoms with E-state index in [1.165, 1.54) is 10.6 Å². The number of piperidine rings is 1. The zero-order valence-electron chi connectivity index (χ0n) is 17.8. The van der Waals surface area contributed by atoms with Crippen LogP contribution in [0, 0.1) is 0 Å². The van der Waals surface area contributed by atoms with Crippen molar-refractivity contribution in [2.45, 2.75) is 25.0 Å². The number of fused-ring (bicyclic) bond motifs is 4. The number of carbonyl (C=O) groups excluding carboxylic acids is 1. The lowest BCUT2D eigenvalue weighted by atomic mass is 9.86. The Labute approximate surface area is 190 Å². The van der Waals surface area contributed by atoms with E-state index in [0.717, 1.165) is 17.1 Å². The van der Waals surface area contributed by atoms with Gasteiger partial charge in [0.2, 0.25) is 0 Å². The minimum Gasteiger partial charge on any atom is -0.479 e. The van der Waals surface area contributed by atoms with E-state index in [1.54, 1.807) is 24.3 Å². The lowest BCUT2D eigenvalue weighted by molar-refractivity contribution is -0.00930. The molecule has 5 rings (SSSR count). The molecule has 2 aliphatic rings. The topological polar surface area (TPSA) is 65.7 Å². The second-order valence-electron chi connectivity index (χ2n) is 8.20. The van der Waals surface area contributed by atoms with Gasteiger partial charge in [-0.15, -0.1) is 0 Å². The first kappa shape index (κ1) is 20.8. The van der Waals surface area contributed by atoms with Gasteiger partial charge in [-0.2, -0.15) is 0 Å². The summed E-state index contributed by atoms with van der Waals surface area (Å²) in [5.41, 5.74) is 1.74. The van der Waals surface area contributed by atoms with Crippen LogP contribution in [0.25, 0.3) is 5.69 Å². The zero-order valence-corrected chi connectivity index (χ0v) is 18.5. The van der Waals surface area contributed by atoms with Gasteiger partial charge < -0.3 is 23.5 Å². The summed E-state index contributed by atoms with van der Waals surface area (Å²) < 4.78 is 15.2. The van der Waals surface area contributed by atoms with Crippen LogP contribution in [0.1, 0.15) is 28.9 Å². The fraction of sp³-hybridized carbons (Fsp3) is 0.333. The molecule has 0 atom stereocenters. The summed E-state index contributed by atoms with van der Waals surface area (Å²) in [7, 11) is 1.59. The first-order chi connectivity index (χ1) is 15.5. The SMILES string of the molecule is COCCn1ccc(C(=O)N2CCC3(CC2)Oc2cc(Cl)ccc2-n2cccc23)cc1=O. The van der Waals surface area contributed by atoms with E-state index in [9.17, 15) is 9.59 Å². The summed E-state index contributed by atoms with van der Waals surface area (Å²) in [6.45, 7) is 1.97. The van der Waals surface area contributed by atoms with Crippen molar-refractivity contribution >= 4 is 17.5 Å². The Hall–Kier alpha value is -3.03. The molecule has 0 aliphatic carbocycles. The maximum Gasteiger partial charge on any atom is 0.254 e. The molecule has 1 fully saturated rings. The molecule has 8 heteroatoms. The number of carbonyl (C=O) groups is 1. The van der Waals surface area contributed by atoms with Crippen molar-refractivity contribution in [3.05, 3.63) is 81.5 Å². The molecule has 1 aromatic carbocycles.